The Labute approximate surface area is 173 Å². The van der Waals surface area contributed by atoms with Crippen LogP contribution >= 0.6 is 11.3 Å². The van der Waals surface area contributed by atoms with Crippen molar-refractivity contribution in [1.82, 2.24) is 30.0 Å². The average molecular weight is 409 g/mol. The van der Waals surface area contributed by atoms with Crippen molar-refractivity contribution in [2.75, 3.05) is 13.1 Å². The van der Waals surface area contributed by atoms with Gasteiger partial charge in [-0.15, -0.1) is 21.5 Å². The minimum atomic E-state index is -0.152. The maximum absolute atomic E-state index is 12.7. The van der Waals surface area contributed by atoms with Crippen molar-refractivity contribution in [2.24, 2.45) is 11.8 Å². The van der Waals surface area contributed by atoms with Gasteiger partial charge < -0.3 is 9.88 Å². The van der Waals surface area contributed by atoms with Crippen molar-refractivity contribution >= 4 is 17.2 Å². The first-order valence-electron chi connectivity index (χ1n) is 10.0. The number of likely N-dealkylation sites (tertiary alicyclic amines) is 1. The Hall–Kier alpha value is -2.58. The molecule has 1 amide bonds. The number of amides is 1. The highest BCUT2D eigenvalue weighted by Crippen LogP contribution is 2.33. The molecule has 0 bridgehead atoms. The zero-order valence-electron chi connectivity index (χ0n) is 16.4. The van der Waals surface area contributed by atoms with Crippen LogP contribution in [0.3, 0.4) is 0 Å². The summed E-state index contributed by atoms with van der Waals surface area (Å²) < 4.78 is 2.03. The van der Waals surface area contributed by atoms with Gasteiger partial charge in [-0.1, -0.05) is 30.3 Å². The summed E-state index contributed by atoms with van der Waals surface area (Å²) in [7, 11) is 0. The van der Waals surface area contributed by atoms with Crippen LogP contribution in [0.4, 0.5) is 0 Å². The fourth-order valence-electron chi connectivity index (χ4n) is 4.46. The highest BCUT2D eigenvalue weighted by atomic mass is 32.1. The van der Waals surface area contributed by atoms with Gasteiger partial charge >= 0.3 is 0 Å². The normalized spacial score (nSPS) is 21.0. The number of benzene rings is 1. The number of rotatable bonds is 5. The Morgan fingerprint density at radius 2 is 2.00 bits per heavy atom. The minimum Gasteiger partial charge on any atom is -0.345 e. The molecule has 0 saturated carbocycles. The van der Waals surface area contributed by atoms with E-state index in [1.807, 2.05) is 40.4 Å². The number of nitrogens with zero attached hydrogens (tertiary/aromatic N) is 5. The SMILES string of the molecule is Cc1ncsc1CN1C[C@@H]2Cc3nnc(C(=O)NCc4ccccc4)n3C[C@@H]2C1. The van der Waals surface area contributed by atoms with Gasteiger partial charge in [0, 0.05) is 44.0 Å². The van der Waals surface area contributed by atoms with Gasteiger partial charge in [0.1, 0.15) is 5.82 Å². The zero-order chi connectivity index (χ0) is 19.8. The quantitative estimate of drug-likeness (QED) is 0.701. The molecule has 0 aliphatic carbocycles. The lowest BCUT2D eigenvalue weighted by molar-refractivity contribution is 0.0932. The fourth-order valence-corrected chi connectivity index (χ4v) is 5.28. The van der Waals surface area contributed by atoms with Crippen LogP contribution in [0.25, 0.3) is 0 Å². The first-order valence-corrected chi connectivity index (χ1v) is 10.9. The third-order valence-corrected chi connectivity index (χ3v) is 6.97. The third-order valence-electron chi connectivity index (χ3n) is 6.05. The van der Waals surface area contributed by atoms with E-state index in [2.05, 4.69) is 32.3 Å². The lowest BCUT2D eigenvalue weighted by atomic mass is 9.89. The molecule has 0 unspecified atom stereocenters. The Bertz CT molecular complexity index is 1010. The van der Waals surface area contributed by atoms with Crippen molar-refractivity contribution in [3.63, 3.8) is 0 Å². The van der Waals surface area contributed by atoms with Gasteiger partial charge in [-0.2, -0.15) is 0 Å². The van der Waals surface area contributed by atoms with E-state index < -0.39 is 0 Å². The number of hydrogen-bond acceptors (Lipinski definition) is 6. The molecule has 1 saturated heterocycles. The molecule has 1 N–H and O–H groups in total. The highest BCUT2D eigenvalue weighted by molar-refractivity contribution is 7.09. The summed E-state index contributed by atoms with van der Waals surface area (Å²) in [4.78, 5) is 20.9. The fraction of sp³-hybridized carbons (Fsp3) is 0.429. The van der Waals surface area contributed by atoms with Crippen molar-refractivity contribution < 1.29 is 4.79 Å². The van der Waals surface area contributed by atoms with E-state index in [1.54, 1.807) is 11.3 Å². The molecule has 0 radical (unpaired) electrons. The molecule has 7 nitrogen and oxygen atoms in total. The van der Waals surface area contributed by atoms with Gasteiger partial charge in [0.15, 0.2) is 0 Å². The first kappa shape index (κ1) is 18.4. The van der Waals surface area contributed by atoms with E-state index in [0.717, 1.165) is 49.7 Å². The van der Waals surface area contributed by atoms with Crippen LogP contribution in [0.5, 0.6) is 0 Å². The van der Waals surface area contributed by atoms with E-state index in [-0.39, 0.29) is 5.91 Å². The van der Waals surface area contributed by atoms with Crippen LogP contribution in [0.15, 0.2) is 35.8 Å². The Balaban J connectivity index is 1.24. The Morgan fingerprint density at radius 3 is 2.79 bits per heavy atom. The smallest absolute Gasteiger partial charge is 0.289 e. The van der Waals surface area contributed by atoms with Crippen LogP contribution in [0, 0.1) is 18.8 Å². The Morgan fingerprint density at radius 1 is 1.17 bits per heavy atom. The largest absolute Gasteiger partial charge is 0.345 e. The van der Waals surface area contributed by atoms with Crippen molar-refractivity contribution in [1.29, 1.82) is 0 Å². The van der Waals surface area contributed by atoms with Gasteiger partial charge in [0.2, 0.25) is 5.82 Å². The van der Waals surface area contributed by atoms with Crippen molar-refractivity contribution in [2.45, 2.75) is 33.0 Å². The molecule has 5 rings (SSSR count). The molecule has 2 aliphatic rings. The van der Waals surface area contributed by atoms with E-state index in [9.17, 15) is 4.79 Å². The maximum atomic E-state index is 12.7. The molecule has 8 heteroatoms. The van der Waals surface area contributed by atoms with Crippen molar-refractivity contribution in [3.05, 3.63) is 63.6 Å². The van der Waals surface area contributed by atoms with Crippen molar-refractivity contribution in [3.8, 4) is 0 Å². The van der Waals surface area contributed by atoms with Crippen LogP contribution in [-0.2, 0) is 26.1 Å². The number of thiazole rings is 1. The second-order valence-electron chi connectivity index (χ2n) is 8.00. The molecule has 150 valence electrons. The molecular weight excluding hydrogens is 384 g/mol. The van der Waals surface area contributed by atoms with E-state index in [0.29, 0.717) is 24.2 Å². The van der Waals surface area contributed by atoms with Gasteiger partial charge in [0.05, 0.1) is 11.2 Å². The van der Waals surface area contributed by atoms with Crippen LogP contribution in [0.2, 0.25) is 0 Å². The standard InChI is InChI=1S/C21H24N6OS/c1-14-18(29-13-23-14)12-26-9-16-7-19-24-25-20(27(19)11-17(16)10-26)21(28)22-8-15-5-3-2-4-6-15/h2-6,13,16-17H,7-12H2,1H3,(H,22,28)/t16-,17-/m0/s1. The summed E-state index contributed by atoms with van der Waals surface area (Å²) in [6, 6.07) is 9.92. The molecule has 29 heavy (non-hydrogen) atoms. The molecule has 4 heterocycles. The van der Waals surface area contributed by atoms with Crippen LogP contribution < -0.4 is 5.32 Å². The monoisotopic (exact) mass is 408 g/mol. The Kier molecular flexibility index (Phi) is 4.89. The lowest BCUT2D eigenvalue weighted by Gasteiger charge is -2.25. The predicted octanol–water partition coefficient (Wildman–Crippen LogP) is 2.28. The summed E-state index contributed by atoms with van der Waals surface area (Å²) in [5.41, 5.74) is 4.14. The second kappa shape index (κ2) is 7.68. The number of hydrogen-bond donors (Lipinski definition) is 1. The summed E-state index contributed by atoms with van der Waals surface area (Å²) in [6.45, 7) is 6.48. The number of carbonyl (C=O) groups is 1. The average Bonchev–Trinajstić information content (AvgIpc) is 3.43. The molecule has 2 atom stereocenters. The van der Waals surface area contributed by atoms with E-state index in [4.69, 9.17) is 0 Å². The van der Waals surface area contributed by atoms with Gasteiger partial charge in [0.25, 0.3) is 5.91 Å². The number of fused-ring (bicyclic) bond motifs is 2. The summed E-state index contributed by atoms with van der Waals surface area (Å²) in [5, 5.41) is 11.5. The first-order chi connectivity index (χ1) is 14.2. The number of nitrogens with one attached hydrogen (secondary N) is 1. The van der Waals surface area contributed by atoms with Gasteiger partial charge in [-0.3, -0.25) is 9.69 Å². The van der Waals surface area contributed by atoms with Crippen LogP contribution in [0.1, 0.15) is 32.6 Å². The molecular formula is C21H24N6OS. The summed E-state index contributed by atoms with van der Waals surface area (Å²) in [5.74, 6) is 2.34. The molecule has 1 aromatic carbocycles. The molecule has 1 fully saturated rings. The summed E-state index contributed by atoms with van der Waals surface area (Å²) in [6.07, 6.45) is 0.891. The second-order valence-corrected chi connectivity index (χ2v) is 8.94. The number of aromatic nitrogens is 4. The minimum absolute atomic E-state index is 0.152. The summed E-state index contributed by atoms with van der Waals surface area (Å²) >= 11 is 1.74. The number of aryl methyl sites for hydroxylation is 1. The molecule has 3 aromatic rings. The topological polar surface area (TPSA) is 75.9 Å². The van der Waals surface area contributed by atoms with Crippen LogP contribution in [-0.4, -0.2) is 43.6 Å². The molecule has 2 aromatic heterocycles. The van der Waals surface area contributed by atoms with Gasteiger partial charge in [-0.05, 0) is 24.3 Å². The van der Waals surface area contributed by atoms with E-state index in [1.165, 1.54) is 4.88 Å². The predicted molar refractivity (Wildman–Crippen MR) is 110 cm³/mol. The zero-order valence-corrected chi connectivity index (χ0v) is 17.2. The van der Waals surface area contributed by atoms with E-state index >= 15 is 0 Å². The highest BCUT2D eigenvalue weighted by Gasteiger charge is 2.39. The lowest BCUT2D eigenvalue weighted by Crippen LogP contribution is -2.32. The third kappa shape index (κ3) is 3.70. The van der Waals surface area contributed by atoms with Gasteiger partial charge in [-0.25, -0.2) is 4.98 Å². The number of carbonyl (C=O) groups excluding carboxylic acids is 1. The maximum Gasteiger partial charge on any atom is 0.289 e. The molecule has 0 spiro atoms. The molecule has 2 aliphatic heterocycles.